The number of aromatic carboxylic acids is 1. The average Bonchev–Trinajstić information content (AvgIpc) is 2.75. The van der Waals surface area contributed by atoms with Crippen LogP contribution in [0.15, 0.2) is 10.6 Å². The third-order valence-corrected chi connectivity index (χ3v) is 2.21. The molecule has 2 heterocycles. The van der Waals surface area contributed by atoms with Gasteiger partial charge in [-0.2, -0.15) is 0 Å². The normalized spacial score (nSPS) is 22.0. The number of aromatic nitrogens is 1. The molecule has 1 atom stereocenters. The number of carboxylic acids is 1. The Kier molecular flexibility index (Phi) is 2.02. The Morgan fingerprint density at radius 1 is 1.77 bits per heavy atom. The summed E-state index contributed by atoms with van der Waals surface area (Å²) in [4.78, 5) is 10.5. The summed E-state index contributed by atoms with van der Waals surface area (Å²) < 4.78 is 4.94. The van der Waals surface area contributed by atoms with Crippen LogP contribution in [0, 0.1) is 0 Å². The summed E-state index contributed by atoms with van der Waals surface area (Å²) in [6, 6.07) is 1.50. The van der Waals surface area contributed by atoms with E-state index in [1.54, 1.807) is 0 Å². The summed E-state index contributed by atoms with van der Waals surface area (Å²) in [5, 5.41) is 15.2. The Hall–Kier alpha value is -1.36. The first-order valence-corrected chi connectivity index (χ1v) is 4.18. The zero-order valence-corrected chi connectivity index (χ0v) is 6.99. The molecule has 0 saturated carbocycles. The van der Waals surface area contributed by atoms with Crippen LogP contribution >= 0.6 is 0 Å². The van der Waals surface area contributed by atoms with Crippen LogP contribution in [0.4, 0.5) is 0 Å². The van der Waals surface area contributed by atoms with Crippen LogP contribution < -0.4 is 5.32 Å². The molecule has 5 heteroatoms. The van der Waals surface area contributed by atoms with Crippen molar-refractivity contribution in [2.45, 2.75) is 12.3 Å². The Labute approximate surface area is 74.7 Å². The molecule has 1 saturated heterocycles. The van der Waals surface area contributed by atoms with Crippen molar-refractivity contribution in [3.63, 3.8) is 0 Å². The summed E-state index contributed by atoms with van der Waals surface area (Å²) in [6.07, 6.45) is 0.980. The van der Waals surface area contributed by atoms with Crippen LogP contribution in [0.2, 0.25) is 0 Å². The minimum Gasteiger partial charge on any atom is -0.476 e. The van der Waals surface area contributed by atoms with Gasteiger partial charge in [-0.25, -0.2) is 4.79 Å². The van der Waals surface area contributed by atoms with E-state index in [0.717, 1.165) is 19.5 Å². The molecule has 2 rings (SSSR count). The number of nitrogens with one attached hydrogen (secondary N) is 1. The Balaban J connectivity index is 2.16. The lowest BCUT2D eigenvalue weighted by Crippen LogP contribution is -2.07. The van der Waals surface area contributed by atoms with Crippen LogP contribution in [0.25, 0.3) is 0 Å². The van der Waals surface area contributed by atoms with E-state index in [2.05, 4.69) is 10.5 Å². The summed E-state index contributed by atoms with van der Waals surface area (Å²) in [5.74, 6) is -0.0936. The van der Waals surface area contributed by atoms with Crippen LogP contribution in [0.1, 0.15) is 28.6 Å². The van der Waals surface area contributed by atoms with E-state index in [-0.39, 0.29) is 11.6 Å². The quantitative estimate of drug-likeness (QED) is 0.694. The van der Waals surface area contributed by atoms with E-state index in [4.69, 9.17) is 9.63 Å². The third kappa shape index (κ3) is 1.55. The maximum Gasteiger partial charge on any atom is 0.358 e. The molecule has 1 aromatic rings. The minimum atomic E-state index is -1.04. The lowest BCUT2D eigenvalue weighted by Gasteiger charge is -1.99. The first-order valence-electron chi connectivity index (χ1n) is 4.18. The molecule has 1 fully saturated rings. The largest absolute Gasteiger partial charge is 0.476 e. The van der Waals surface area contributed by atoms with Gasteiger partial charge in [-0.3, -0.25) is 0 Å². The van der Waals surface area contributed by atoms with Gasteiger partial charge in [0.05, 0.1) is 0 Å². The van der Waals surface area contributed by atoms with Gasteiger partial charge in [0.1, 0.15) is 5.76 Å². The Morgan fingerprint density at radius 3 is 3.15 bits per heavy atom. The lowest BCUT2D eigenvalue weighted by molar-refractivity contribution is 0.0685. The van der Waals surface area contributed by atoms with Crippen molar-refractivity contribution in [3.8, 4) is 0 Å². The smallest absolute Gasteiger partial charge is 0.358 e. The van der Waals surface area contributed by atoms with Gasteiger partial charge >= 0.3 is 5.97 Å². The molecule has 0 radical (unpaired) electrons. The molecule has 0 bridgehead atoms. The first kappa shape index (κ1) is 8.25. The molecular formula is C8H10N2O3. The van der Waals surface area contributed by atoms with Crippen molar-refractivity contribution < 1.29 is 14.4 Å². The monoisotopic (exact) mass is 182 g/mol. The average molecular weight is 182 g/mol. The zero-order chi connectivity index (χ0) is 9.26. The Morgan fingerprint density at radius 2 is 2.62 bits per heavy atom. The number of hydrogen-bond acceptors (Lipinski definition) is 4. The summed E-state index contributed by atoms with van der Waals surface area (Å²) in [5.41, 5.74) is -0.0121. The molecule has 0 aliphatic carbocycles. The molecule has 13 heavy (non-hydrogen) atoms. The second-order valence-electron chi connectivity index (χ2n) is 3.11. The first-order chi connectivity index (χ1) is 6.27. The summed E-state index contributed by atoms with van der Waals surface area (Å²) in [7, 11) is 0. The number of rotatable bonds is 2. The number of carbonyl (C=O) groups is 1. The topological polar surface area (TPSA) is 75.4 Å². The molecule has 5 nitrogen and oxygen atoms in total. The molecule has 0 spiro atoms. The number of hydrogen-bond donors (Lipinski definition) is 2. The molecule has 1 aliphatic rings. The maximum atomic E-state index is 10.5. The fraction of sp³-hybridized carbons (Fsp3) is 0.500. The van der Waals surface area contributed by atoms with E-state index >= 15 is 0 Å². The molecule has 2 N–H and O–H groups in total. The van der Waals surface area contributed by atoms with Crippen LogP contribution in [0.5, 0.6) is 0 Å². The molecular weight excluding hydrogens is 172 g/mol. The highest BCUT2D eigenvalue weighted by molar-refractivity contribution is 5.85. The van der Waals surface area contributed by atoms with E-state index in [1.165, 1.54) is 6.07 Å². The van der Waals surface area contributed by atoms with Crippen molar-refractivity contribution in [1.82, 2.24) is 10.5 Å². The highest BCUT2D eigenvalue weighted by Gasteiger charge is 2.22. The van der Waals surface area contributed by atoms with Crippen molar-refractivity contribution >= 4 is 5.97 Å². The standard InChI is InChI=1S/C8H10N2O3/c11-8(12)6-3-7(13-10-6)5-1-2-9-4-5/h3,5,9H,1-2,4H2,(H,11,12). The zero-order valence-electron chi connectivity index (χ0n) is 6.99. The molecule has 1 unspecified atom stereocenters. The van der Waals surface area contributed by atoms with Crippen molar-refractivity contribution in [2.75, 3.05) is 13.1 Å². The summed E-state index contributed by atoms with van der Waals surface area (Å²) >= 11 is 0. The van der Waals surface area contributed by atoms with Gasteiger partial charge in [-0.1, -0.05) is 5.16 Å². The van der Waals surface area contributed by atoms with Gasteiger partial charge in [0, 0.05) is 18.5 Å². The summed E-state index contributed by atoms with van der Waals surface area (Å²) in [6.45, 7) is 1.79. The predicted molar refractivity (Wildman–Crippen MR) is 43.7 cm³/mol. The molecule has 1 aliphatic heterocycles. The SMILES string of the molecule is O=C(O)c1cc(C2CCNC2)on1. The highest BCUT2D eigenvalue weighted by atomic mass is 16.5. The van der Waals surface area contributed by atoms with Gasteiger partial charge < -0.3 is 14.9 Å². The molecule has 1 aromatic heterocycles. The fourth-order valence-electron chi connectivity index (χ4n) is 1.48. The maximum absolute atomic E-state index is 10.5. The van der Waals surface area contributed by atoms with E-state index in [1.807, 2.05) is 0 Å². The van der Waals surface area contributed by atoms with Gasteiger partial charge in [0.25, 0.3) is 0 Å². The molecule has 70 valence electrons. The van der Waals surface area contributed by atoms with Crippen molar-refractivity contribution in [1.29, 1.82) is 0 Å². The number of nitrogens with zero attached hydrogens (tertiary/aromatic N) is 1. The van der Waals surface area contributed by atoms with Crippen molar-refractivity contribution in [3.05, 3.63) is 17.5 Å². The van der Waals surface area contributed by atoms with E-state index < -0.39 is 5.97 Å². The van der Waals surface area contributed by atoms with Crippen LogP contribution in [-0.2, 0) is 0 Å². The van der Waals surface area contributed by atoms with E-state index in [0.29, 0.717) is 5.76 Å². The van der Waals surface area contributed by atoms with Gasteiger partial charge in [-0.05, 0) is 13.0 Å². The lowest BCUT2D eigenvalue weighted by atomic mass is 10.1. The molecule has 0 aromatic carbocycles. The third-order valence-electron chi connectivity index (χ3n) is 2.21. The van der Waals surface area contributed by atoms with Gasteiger partial charge in [-0.15, -0.1) is 0 Å². The van der Waals surface area contributed by atoms with Gasteiger partial charge in [0.2, 0.25) is 0 Å². The minimum absolute atomic E-state index is 0.0121. The molecule has 0 amide bonds. The second kappa shape index (κ2) is 3.18. The van der Waals surface area contributed by atoms with Crippen molar-refractivity contribution in [2.24, 2.45) is 0 Å². The van der Waals surface area contributed by atoms with E-state index in [9.17, 15) is 4.79 Å². The van der Waals surface area contributed by atoms with Crippen LogP contribution in [0.3, 0.4) is 0 Å². The number of carboxylic acid groups (broad SMARTS) is 1. The second-order valence-corrected chi connectivity index (χ2v) is 3.11. The van der Waals surface area contributed by atoms with Crippen LogP contribution in [-0.4, -0.2) is 29.3 Å². The van der Waals surface area contributed by atoms with Gasteiger partial charge in [0.15, 0.2) is 5.69 Å². The predicted octanol–water partition coefficient (Wildman–Crippen LogP) is 0.450. The fourth-order valence-corrected chi connectivity index (χ4v) is 1.48. The Bertz CT molecular complexity index is 315. The highest BCUT2D eigenvalue weighted by Crippen LogP contribution is 2.22.